The monoisotopic (exact) mass is 446 g/mol. The molecule has 1 aliphatic heterocycles. The van der Waals surface area contributed by atoms with Gasteiger partial charge < -0.3 is 27.0 Å². The maximum atomic E-state index is 12.5. The Morgan fingerprint density at radius 1 is 1.12 bits per heavy atom. The Labute approximate surface area is 191 Å². The van der Waals surface area contributed by atoms with E-state index < -0.39 is 0 Å². The van der Waals surface area contributed by atoms with Gasteiger partial charge in [-0.1, -0.05) is 5.57 Å². The molecule has 0 spiro atoms. The van der Waals surface area contributed by atoms with Crippen LogP contribution in [0.2, 0.25) is 0 Å². The quantitative estimate of drug-likeness (QED) is 0.451. The summed E-state index contributed by atoms with van der Waals surface area (Å²) in [7, 11) is 1.61. The summed E-state index contributed by atoms with van der Waals surface area (Å²) in [5.74, 6) is 0.481. The molecule has 10 heteroatoms. The summed E-state index contributed by atoms with van der Waals surface area (Å²) in [4.78, 5) is 38.9. The third-order valence-corrected chi connectivity index (χ3v) is 5.77. The molecule has 0 radical (unpaired) electrons. The van der Waals surface area contributed by atoms with Gasteiger partial charge in [-0.2, -0.15) is 0 Å². The minimum atomic E-state index is -0.261. The molecule has 170 valence electrons. The van der Waals surface area contributed by atoms with E-state index in [0.717, 1.165) is 22.1 Å². The third kappa shape index (κ3) is 4.69. The predicted octanol–water partition coefficient (Wildman–Crippen LogP) is 2.46. The van der Waals surface area contributed by atoms with Gasteiger partial charge in [-0.05, 0) is 42.8 Å². The van der Waals surface area contributed by atoms with Crippen molar-refractivity contribution in [2.75, 3.05) is 36.9 Å². The van der Waals surface area contributed by atoms with Crippen LogP contribution in [0.15, 0.2) is 42.4 Å². The number of anilines is 3. The number of carbonyl (C=O) groups is 2. The number of nitrogens with two attached hydrogens (primary N) is 2. The first kappa shape index (κ1) is 22.0. The number of nitrogens with zero attached hydrogens (tertiary/aromatic N) is 4. The molecule has 3 aromatic heterocycles. The molecule has 3 aromatic rings. The Morgan fingerprint density at radius 2 is 1.88 bits per heavy atom. The maximum Gasteiger partial charge on any atom is 0.317 e. The number of hydrogen-bond acceptors (Lipinski definition) is 7. The van der Waals surface area contributed by atoms with E-state index >= 15 is 0 Å². The van der Waals surface area contributed by atoms with Crippen LogP contribution >= 0.6 is 0 Å². The molecule has 1 saturated heterocycles. The highest BCUT2D eigenvalue weighted by Gasteiger charge is 2.18. The van der Waals surface area contributed by atoms with Gasteiger partial charge in [0.25, 0.3) is 0 Å². The van der Waals surface area contributed by atoms with Crippen molar-refractivity contribution in [1.82, 2.24) is 25.2 Å². The Kier molecular flexibility index (Phi) is 6.07. The highest BCUT2D eigenvalue weighted by Crippen LogP contribution is 2.30. The molecule has 0 unspecified atom stereocenters. The molecule has 0 saturated carbocycles. The normalized spacial score (nSPS) is 13.6. The van der Waals surface area contributed by atoms with Gasteiger partial charge in [-0.3, -0.25) is 9.78 Å². The largest absolute Gasteiger partial charge is 0.397 e. The molecule has 1 fully saturated rings. The van der Waals surface area contributed by atoms with Crippen LogP contribution < -0.4 is 22.1 Å². The van der Waals surface area contributed by atoms with Crippen LogP contribution in [0.25, 0.3) is 22.0 Å². The lowest BCUT2D eigenvalue weighted by molar-refractivity contribution is -0.112. The Morgan fingerprint density at radius 3 is 2.61 bits per heavy atom. The summed E-state index contributed by atoms with van der Waals surface area (Å²) in [6.07, 6.45) is 7.79. The molecule has 3 amide bonds. The van der Waals surface area contributed by atoms with Crippen LogP contribution in [0.1, 0.15) is 18.4 Å². The lowest BCUT2D eigenvalue weighted by Gasteiger charge is -2.27. The molecule has 1 aliphatic rings. The maximum absolute atomic E-state index is 12.5. The van der Waals surface area contributed by atoms with Gasteiger partial charge in [0.2, 0.25) is 5.91 Å². The molecule has 0 atom stereocenters. The number of fused-ring (bicyclic) bond motifs is 1. The van der Waals surface area contributed by atoms with Crippen molar-refractivity contribution < 1.29 is 9.59 Å². The van der Waals surface area contributed by atoms with Gasteiger partial charge in [0, 0.05) is 49.6 Å². The number of likely N-dealkylation sites (tertiary alicyclic amines) is 1. The first-order valence-electron chi connectivity index (χ1n) is 10.6. The van der Waals surface area contributed by atoms with Crippen molar-refractivity contribution in [3.8, 4) is 11.3 Å². The fraction of sp³-hybridized carbons (Fsp3) is 0.261. The van der Waals surface area contributed by atoms with E-state index in [4.69, 9.17) is 11.5 Å². The zero-order chi connectivity index (χ0) is 23.5. The zero-order valence-corrected chi connectivity index (χ0v) is 18.6. The molecule has 0 bridgehead atoms. The highest BCUT2D eigenvalue weighted by molar-refractivity contribution is 6.01. The summed E-state index contributed by atoms with van der Waals surface area (Å²) < 4.78 is 0. The van der Waals surface area contributed by atoms with E-state index in [9.17, 15) is 9.59 Å². The second-order valence-electron chi connectivity index (χ2n) is 7.92. The van der Waals surface area contributed by atoms with Crippen LogP contribution in [0.5, 0.6) is 0 Å². The predicted molar refractivity (Wildman–Crippen MR) is 128 cm³/mol. The van der Waals surface area contributed by atoms with Crippen molar-refractivity contribution in [2.45, 2.75) is 19.8 Å². The summed E-state index contributed by atoms with van der Waals surface area (Å²) in [6, 6.07) is 3.53. The minimum Gasteiger partial charge on any atom is -0.397 e. The summed E-state index contributed by atoms with van der Waals surface area (Å²) in [5, 5.41) is 6.91. The van der Waals surface area contributed by atoms with Gasteiger partial charge in [-0.25, -0.2) is 14.8 Å². The molecular weight excluding hydrogens is 420 g/mol. The molecule has 0 aromatic carbocycles. The molecule has 6 N–H and O–H groups in total. The van der Waals surface area contributed by atoms with Crippen molar-refractivity contribution in [2.24, 2.45) is 0 Å². The van der Waals surface area contributed by atoms with Gasteiger partial charge in [0.1, 0.15) is 11.6 Å². The smallest absolute Gasteiger partial charge is 0.317 e. The van der Waals surface area contributed by atoms with E-state index in [-0.39, 0.29) is 11.9 Å². The van der Waals surface area contributed by atoms with E-state index in [0.29, 0.717) is 54.3 Å². The van der Waals surface area contributed by atoms with Crippen molar-refractivity contribution in [1.29, 1.82) is 0 Å². The van der Waals surface area contributed by atoms with Crippen LogP contribution in [0, 0.1) is 6.92 Å². The molecule has 10 nitrogen and oxygen atoms in total. The average Bonchev–Trinajstić information content (AvgIpc) is 2.80. The Balaban J connectivity index is 1.54. The van der Waals surface area contributed by atoms with E-state index in [1.165, 1.54) is 0 Å². The SMILES string of the molecule is CNC(=O)N1CCC(=CC(=O)Nc2cc3cc(-c4cncc(N)c4C)nc(N)c3cn2)CC1. The third-order valence-electron chi connectivity index (χ3n) is 5.77. The number of aromatic nitrogens is 3. The van der Waals surface area contributed by atoms with Crippen LogP contribution in [-0.4, -0.2) is 51.9 Å². The lowest BCUT2D eigenvalue weighted by Crippen LogP contribution is -2.41. The standard InChI is InChI=1S/C23H26N8O2/c1-13-16(10-27-12-18(13)24)19-8-15-9-20(28-11-17(15)22(25)29-19)30-21(32)7-14-3-5-31(6-4-14)23(33)26-2/h7-12H,3-6,24H2,1-2H3,(H2,25,29)(H,26,33)(H,28,30,32). The number of rotatable bonds is 3. The van der Waals surface area contributed by atoms with Gasteiger partial charge >= 0.3 is 6.03 Å². The summed E-state index contributed by atoms with van der Waals surface area (Å²) in [5.41, 5.74) is 16.0. The number of piperidine rings is 1. The molecule has 0 aliphatic carbocycles. The van der Waals surface area contributed by atoms with Gasteiger partial charge in [0.15, 0.2) is 0 Å². The lowest BCUT2D eigenvalue weighted by atomic mass is 10.0. The van der Waals surface area contributed by atoms with Gasteiger partial charge in [-0.15, -0.1) is 0 Å². The van der Waals surface area contributed by atoms with E-state index in [2.05, 4.69) is 25.6 Å². The van der Waals surface area contributed by atoms with Crippen molar-refractivity contribution >= 4 is 40.0 Å². The summed E-state index contributed by atoms with van der Waals surface area (Å²) >= 11 is 0. The number of nitrogens with one attached hydrogen (secondary N) is 2. The molecule has 4 rings (SSSR count). The topological polar surface area (TPSA) is 152 Å². The first-order valence-corrected chi connectivity index (χ1v) is 10.6. The Hall–Kier alpha value is -4.21. The number of hydrogen-bond donors (Lipinski definition) is 4. The number of urea groups is 1. The molecular formula is C23H26N8O2. The number of pyridine rings is 3. The second kappa shape index (κ2) is 9.11. The van der Waals surface area contributed by atoms with E-state index in [1.807, 2.05) is 13.0 Å². The fourth-order valence-corrected chi connectivity index (χ4v) is 3.83. The fourth-order valence-electron chi connectivity index (χ4n) is 3.83. The van der Waals surface area contributed by atoms with Crippen LogP contribution in [0.4, 0.5) is 22.1 Å². The molecule has 33 heavy (non-hydrogen) atoms. The number of nitrogen functional groups attached to an aromatic ring is 2. The van der Waals surface area contributed by atoms with Crippen molar-refractivity contribution in [3.63, 3.8) is 0 Å². The highest BCUT2D eigenvalue weighted by atomic mass is 16.2. The zero-order valence-electron chi connectivity index (χ0n) is 18.6. The number of carbonyl (C=O) groups excluding carboxylic acids is 2. The summed E-state index contributed by atoms with van der Waals surface area (Å²) in [6.45, 7) is 3.07. The number of amides is 3. The van der Waals surface area contributed by atoms with Crippen LogP contribution in [0.3, 0.4) is 0 Å². The minimum absolute atomic E-state index is 0.101. The van der Waals surface area contributed by atoms with E-state index in [1.54, 1.807) is 42.7 Å². The molecule has 4 heterocycles. The Bertz CT molecular complexity index is 1260. The van der Waals surface area contributed by atoms with Crippen LogP contribution in [-0.2, 0) is 4.79 Å². The van der Waals surface area contributed by atoms with Gasteiger partial charge in [0.05, 0.1) is 17.6 Å². The average molecular weight is 447 g/mol. The second-order valence-corrected chi connectivity index (χ2v) is 7.92. The van der Waals surface area contributed by atoms with Crippen molar-refractivity contribution in [3.05, 3.63) is 47.9 Å². The first-order chi connectivity index (χ1) is 15.9.